The predicted molar refractivity (Wildman–Crippen MR) is 107 cm³/mol. The van der Waals surface area contributed by atoms with Crippen molar-refractivity contribution in [1.29, 1.82) is 0 Å². The molecule has 1 aliphatic rings. The minimum atomic E-state index is -3.72. The Labute approximate surface area is 162 Å². The van der Waals surface area contributed by atoms with Gasteiger partial charge in [0.15, 0.2) is 5.16 Å². The van der Waals surface area contributed by atoms with Crippen LogP contribution in [0, 0.1) is 0 Å². The summed E-state index contributed by atoms with van der Waals surface area (Å²) >= 11 is 1.71. The van der Waals surface area contributed by atoms with Gasteiger partial charge >= 0.3 is 0 Å². The first-order valence-corrected chi connectivity index (χ1v) is 11.1. The van der Waals surface area contributed by atoms with Gasteiger partial charge in [-0.3, -0.25) is 4.72 Å². The summed E-state index contributed by atoms with van der Waals surface area (Å²) in [5, 5.41) is 0.967. The van der Waals surface area contributed by atoms with E-state index in [2.05, 4.69) is 14.3 Å². The van der Waals surface area contributed by atoms with Crippen molar-refractivity contribution in [2.75, 3.05) is 17.1 Å². The van der Waals surface area contributed by atoms with Crippen LogP contribution in [0.5, 0.6) is 5.75 Å². The lowest BCUT2D eigenvalue weighted by atomic mass is 10.1. The maximum atomic E-state index is 12.8. The molecule has 0 saturated heterocycles. The van der Waals surface area contributed by atoms with Crippen molar-refractivity contribution in [2.45, 2.75) is 23.5 Å². The number of thioether (sulfide) groups is 1. The van der Waals surface area contributed by atoms with Crippen molar-refractivity contribution < 1.29 is 13.2 Å². The van der Waals surface area contributed by atoms with Gasteiger partial charge in [-0.1, -0.05) is 30.0 Å². The quantitative estimate of drug-likeness (QED) is 0.679. The van der Waals surface area contributed by atoms with Gasteiger partial charge < -0.3 is 9.30 Å². The standard InChI is InChI=1S/C19H19N3O3S2/c1-2-25-14-7-9-15(10-8-14)27(23,24)21-17-6-4-3-5-16(17)18-13-22-11-12-26-19(22)20-18/h3-10,13,21H,2,11-12H2,1H3. The Bertz CT molecular complexity index is 1040. The van der Waals surface area contributed by atoms with Crippen LogP contribution in [-0.4, -0.2) is 30.3 Å². The molecular weight excluding hydrogens is 382 g/mol. The van der Waals surface area contributed by atoms with E-state index in [1.807, 2.05) is 25.3 Å². The Hall–Kier alpha value is -2.45. The smallest absolute Gasteiger partial charge is 0.261 e. The minimum Gasteiger partial charge on any atom is -0.494 e. The molecule has 0 fully saturated rings. The van der Waals surface area contributed by atoms with Gasteiger partial charge in [-0.25, -0.2) is 13.4 Å². The summed E-state index contributed by atoms with van der Waals surface area (Å²) in [6, 6.07) is 13.7. The molecule has 1 aromatic heterocycles. The molecule has 0 unspecified atom stereocenters. The second kappa shape index (κ2) is 7.28. The van der Waals surface area contributed by atoms with Crippen LogP contribution in [0.4, 0.5) is 5.69 Å². The van der Waals surface area contributed by atoms with Crippen LogP contribution < -0.4 is 9.46 Å². The van der Waals surface area contributed by atoms with Crippen LogP contribution in [-0.2, 0) is 16.6 Å². The van der Waals surface area contributed by atoms with E-state index in [4.69, 9.17) is 4.74 Å². The first kappa shape index (κ1) is 17.9. The van der Waals surface area contributed by atoms with Crippen LogP contribution in [0.15, 0.2) is 64.8 Å². The molecule has 6 nitrogen and oxygen atoms in total. The van der Waals surface area contributed by atoms with E-state index in [9.17, 15) is 8.42 Å². The number of aryl methyl sites for hydroxylation is 1. The molecule has 0 amide bonds. The van der Waals surface area contributed by atoms with E-state index in [0.29, 0.717) is 18.0 Å². The van der Waals surface area contributed by atoms with E-state index < -0.39 is 10.0 Å². The monoisotopic (exact) mass is 401 g/mol. The third-order valence-corrected chi connectivity index (χ3v) is 6.55. The van der Waals surface area contributed by atoms with E-state index in [0.717, 1.165) is 28.7 Å². The van der Waals surface area contributed by atoms with Crippen LogP contribution in [0.1, 0.15) is 6.92 Å². The number of ether oxygens (including phenoxy) is 1. The van der Waals surface area contributed by atoms with Crippen LogP contribution >= 0.6 is 11.8 Å². The molecule has 1 aliphatic heterocycles. The molecule has 0 saturated carbocycles. The summed E-state index contributed by atoms with van der Waals surface area (Å²) in [5.41, 5.74) is 2.03. The Morgan fingerprint density at radius 2 is 1.96 bits per heavy atom. The van der Waals surface area contributed by atoms with Crippen molar-refractivity contribution in [3.05, 3.63) is 54.7 Å². The van der Waals surface area contributed by atoms with E-state index in [1.54, 1.807) is 36.0 Å². The summed E-state index contributed by atoms with van der Waals surface area (Å²) < 4.78 is 35.8. The molecule has 140 valence electrons. The number of nitrogens with zero attached hydrogens (tertiary/aromatic N) is 2. The molecule has 2 heterocycles. The molecule has 0 radical (unpaired) electrons. The van der Waals surface area contributed by atoms with Gasteiger partial charge in [0.2, 0.25) is 0 Å². The van der Waals surface area contributed by atoms with Gasteiger partial charge in [0.1, 0.15) is 5.75 Å². The van der Waals surface area contributed by atoms with Crippen molar-refractivity contribution in [1.82, 2.24) is 9.55 Å². The molecule has 4 rings (SSSR count). The number of benzene rings is 2. The normalized spacial score (nSPS) is 13.4. The Balaban J connectivity index is 1.64. The second-order valence-electron chi connectivity index (χ2n) is 6.01. The number of imidazole rings is 1. The highest BCUT2D eigenvalue weighted by Crippen LogP contribution is 2.33. The van der Waals surface area contributed by atoms with Gasteiger partial charge in [-0.05, 0) is 37.3 Å². The van der Waals surface area contributed by atoms with Crippen LogP contribution in [0.2, 0.25) is 0 Å². The largest absolute Gasteiger partial charge is 0.494 e. The highest BCUT2D eigenvalue weighted by molar-refractivity contribution is 7.99. The fourth-order valence-electron chi connectivity index (χ4n) is 2.92. The SMILES string of the molecule is CCOc1ccc(S(=O)(=O)Nc2ccccc2-c2cn3c(n2)SCC3)cc1. The molecule has 0 atom stereocenters. The molecule has 0 spiro atoms. The molecular formula is C19H19N3O3S2. The predicted octanol–water partition coefficient (Wildman–Crippen LogP) is 3.86. The first-order chi connectivity index (χ1) is 13.1. The van der Waals surface area contributed by atoms with E-state index in [-0.39, 0.29) is 4.90 Å². The van der Waals surface area contributed by atoms with Gasteiger partial charge in [-0.2, -0.15) is 0 Å². The number of fused-ring (bicyclic) bond motifs is 1. The van der Waals surface area contributed by atoms with Crippen LogP contribution in [0.25, 0.3) is 11.3 Å². The maximum Gasteiger partial charge on any atom is 0.261 e. The zero-order chi connectivity index (χ0) is 18.9. The zero-order valence-electron chi connectivity index (χ0n) is 14.8. The third kappa shape index (κ3) is 3.68. The number of nitrogens with one attached hydrogen (secondary N) is 1. The lowest BCUT2D eigenvalue weighted by molar-refractivity contribution is 0.340. The first-order valence-electron chi connectivity index (χ1n) is 8.62. The molecule has 0 aliphatic carbocycles. The number of anilines is 1. The summed E-state index contributed by atoms with van der Waals surface area (Å²) in [4.78, 5) is 4.82. The number of rotatable bonds is 6. The molecule has 0 bridgehead atoms. The minimum absolute atomic E-state index is 0.184. The molecule has 1 N–H and O–H groups in total. The van der Waals surface area contributed by atoms with E-state index >= 15 is 0 Å². The van der Waals surface area contributed by atoms with Gasteiger partial charge in [-0.15, -0.1) is 0 Å². The van der Waals surface area contributed by atoms with E-state index in [1.165, 1.54) is 12.1 Å². The number of sulfonamides is 1. The van der Waals surface area contributed by atoms with Crippen molar-refractivity contribution in [2.24, 2.45) is 0 Å². The van der Waals surface area contributed by atoms with Crippen molar-refractivity contribution in [3.8, 4) is 17.0 Å². The fraction of sp³-hybridized carbons (Fsp3) is 0.211. The zero-order valence-corrected chi connectivity index (χ0v) is 16.4. The number of para-hydroxylation sites is 1. The lowest BCUT2D eigenvalue weighted by Gasteiger charge is -2.12. The number of aromatic nitrogens is 2. The Morgan fingerprint density at radius 1 is 1.19 bits per heavy atom. The molecule has 27 heavy (non-hydrogen) atoms. The maximum absolute atomic E-state index is 12.8. The molecule has 3 aromatic rings. The topological polar surface area (TPSA) is 73.2 Å². The van der Waals surface area contributed by atoms with Gasteiger partial charge in [0.25, 0.3) is 10.0 Å². The highest BCUT2D eigenvalue weighted by atomic mass is 32.2. The lowest BCUT2D eigenvalue weighted by Crippen LogP contribution is -2.13. The third-order valence-electron chi connectivity index (χ3n) is 4.20. The number of hydrogen-bond acceptors (Lipinski definition) is 5. The fourth-order valence-corrected chi connectivity index (χ4v) is 4.94. The molecule has 2 aromatic carbocycles. The Morgan fingerprint density at radius 3 is 2.70 bits per heavy atom. The second-order valence-corrected chi connectivity index (χ2v) is 8.75. The van der Waals surface area contributed by atoms with Gasteiger partial charge in [0.05, 0.1) is 22.9 Å². The summed E-state index contributed by atoms with van der Waals surface area (Å²) in [5.74, 6) is 1.66. The van der Waals surface area contributed by atoms with Crippen LogP contribution in [0.3, 0.4) is 0 Å². The van der Waals surface area contributed by atoms with Crippen molar-refractivity contribution >= 4 is 27.5 Å². The number of hydrogen-bond donors (Lipinski definition) is 1. The Kier molecular flexibility index (Phi) is 4.84. The average Bonchev–Trinajstić information content (AvgIpc) is 3.25. The average molecular weight is 402 g/mol. The summed E-state index contributed by atoms with van der Waals surface area (Å²) in [6.07, 6.45) is 1.97. The summed E-state index contributed by atoms with van der Waals surface area (Å²) in [6.45, 7) is 3.34. The van der Waals surface area contributed by atoms with Gasteiger partial charge in [0, 0.05) is 24.1 Å². The molecule has 8 heteroatoms. The summed E-state index contributed by atoms with van der Waals surface area (Å²) in [7, 11) is -3.72. The highest BCUT2D eigenvalue weighted by Gasteiger charge is 2.20. The van der Waals surface area contributed by atoms with Crippen molar-refractivity contribution in [3.63, 3.8) is 0 Å².